The molecule has 0 aliphatic heterocycles. The first-order valence-corrected chi connectivity index (χ1v) is 6.99. The Labute approximate surface area is 104 Å². The van der Waals surface area contributed by atoms with E-state index in [4.69, 9.17) is 5.11 Å². The topological polar surface area (TPSA) is 57.5 Å². The Hall–Kier alpha value is -0.570. The van der Waals surface area contributed by atoms with Crippen LogP contribution < -0.4 is 0 Å². The highest BCUT2D eigenvalue weighted by Gasteiger charge is 2.40. The van der Waals surface area contributed by atoms with E-state index in [0.717, 1.165) is 31.6 Å². The van der Waals surface area contributed by atoms with Crippen LogP contribution in [0.15, 0.2) is 0 Å². The number of rotatable bonds is 7. The number of carboxylic acids is 1. The van der Waals surface area contributed by atoms with E-state index in [1.54, 1.807) is 0 Å². The van der Waals surface area contributed by atoms with Gasteiger partial charge in [0.2, 0.25) is 0 Å². The smallest absolute Gasteiger partial charge is 0.309 e. The summed E-state index contributed by atoms with van der Waals surface area (Å²) in [6.45, 7) is 2.31. The van der Waals surface area contributed by atoms with Crippen molar-refractivity contribution in [3.8, 4) is 0 Å². The van der Waals surface area contributed by atoms with Crippen LogP contribution in [0.25, 0.3) is 0 Å². The van der Waals surface area contributed by atoms with Crippen LogP contribution in [-0.4, -0.2) is 22.8 Å². The molecule has 0 radical (unpaired) electrons. The molecule has 1 aliphatic rings. The van der Waals surface area contributed by atoms with Crippen LogP contribution in [0.1, 0.15) is 64.7 Å². The summed E-state index contributed by atoms with van der Waals surface area (Å²) in [6.07, 6.45) is 8.72. The van der Waals surface area contributed by atoms with Gasteiger partial charge in [-0.15, -0.1) is 0 Å². The predicted octanol–water partition coefficient (Wildman–Crippen LogP) is 3.21. The highest BCUT2D eigenvalue weighted by atomic mass is 16.4. The third-order valence-electron chi connectivity index (χ3n) is 4.30. The summed E-state index contributed by atoms with van der Waals surface area (Å²) < 4.78 is 0. The van der Waals surface area contributed by atoms with E-state index in [9.17, 15) is 9.90 Å². The SMILES string of the molecule is CCCCC1CCC(CCCO)(C(=O)O)CC1. The molecule has 1 aliphatic carbocycles. The summed E-state index contributed by atoms with van der Waals surface area (Å²) in [7, 11) is 0. The number of carboxylic acid groups (broad SMARTS) is 1. The minimum absolute atomic E-state index is 0.105. The second-order valence-electron chi connectivity index (χ2n) is 5.50. The van der Waals surface area contributed by atoms with Gasteiger partial charge in [-0.3, -0.25) is 4.79 Å². The largest absolute Gasteiger partial charge is 0.481 e. The van der Waals surface area contributed by atoms with Crippen molar-refractivity contribution in [1.82, 2.24) is 0 Å². The maximum atomic E-state index is 11.4. The molecule has 0 spiro atoms. The van der Waals surface area contributed by atoms with Crippen LogP contribution in [0.4, 0.5) is 0 Å². The lowest BCUT2D eigenvalue weighted by Crippen LogP contribution is -2.35. The van der Waals surface area contributed by atoms with Gasteiger partial charge in [-0.05, 0) is 44.4 Å². The van der Waals surface area contributed by atoms with Crippen molar-refractivity contribution < 1.29 is 15.0 Å². The van der Waals surface area contributed by atoms with Crippen molar-refractivity contribution in [3.63, 3.8) is 0 Å². The van der Waals surface area contributed by atoms with Crippen LogP contribution >= 0.6 is 0 Å². The van der Waals surface area contributed by atoms with E-state index >= 15 is 0 Å². The maximum Gasteiger partial charge on any atom is 0.309 e. The Kier molecular flexibility index (Phi) is 5.96. The lowest BCUT2D eigenvalue weighted by molar-refractivity contribution is -0.152. The summed E-state index contributed by atoms with van der Waals surface area (Å²) in [6, 6.07) is 0. The summed E-state index contributed by atoms with van der Waals surface area (Å²) in [5, 5.41) is 18.3. The lowest BCUT2D eigenvalue weighted by Gasteiger charge is -2.37. The van der Waals surface area contributed by atoms with Gasteiger partial charge in [-0.2, -0.15) is 0 Å². The number of hydrogen-bond acceptors (Lipinski definition) is 2. The van der Waals surface area contributed by atoms with Crippen molar-refractivity contribution in [3.05, 3.63) is 0 Å². The van der Waals surface area contributed by atoms with Crippen molar-refractivity contribution in [2.75, 3.05) is 6.61 Å². The van der Waals surface area contributed by atoms with Gasteiger partial charge in [0, 0.05) is 6.61 Å². The summed E-state index contributed by atoms with van der Waals surface area (Å²) >= 11 is 0. The number of aliphatic hydroxyl groups is 1. The molecular formula is C14H26O3. The maximum absolute atomic E-state index is 11.4. The van der Waals surface area contributed by atoms with Gasteiger partial charge in [0.15, 0.2) is 0 Å². The van der Waals surface area contributed by atoms with Crippen molar-refractivity contribution >= 4 is 5.97 Å². The van der Waals surface area contributed by atoms with Gasteiger partial charge in [0.25, 0.3) is 0 Å². The van der Waals surface area contributed by atoms with E-state index in [2.05, 4.69) is 6.92 Å². The van der Waals surface area contributed by atoms with Gasteiger partial charge >= 0.3 is 5.97 Å². The van der Waals surface area contributed by atoms with Crippen LogP contribution in [-0.2, 0) is 4.79 Å². The molecule has 0 atom stereocenters. The third-order valence-corrected chi connectivity index (χ3v) is 4.30. The molecule has 1 rings (SSSR count). The number of unbranched alkanes of at least 4 members (excludes halogenated alkanes) is 1. The number of aliphatic carboxylic acids is 1. The van der Waals surface area contributed by atoms with Crippen LogP contribution in [0.3, 0.4) is 0 Å². The number of aliphatic hydroxyl groups excluding tert-OH is 1. The Morgan fingerprint density at radius 1 is 1.29 bits per heavy atom. The molecule has 0 aromatic carbocycles. The van der Waals surface area contributed by atoms with Crippen molar-refractivity contribution in [2.45, 2.75) is 64.7 Å². The minimum Gasteiger partial charge on any atom is -0.481 e. The van der Waals surface area contributed by atoms with E-state index in [0.29, 0.717) is 12.8 Å². The second-order valence-corrected chi connectivity index (χ2v) is 5.50. The first-order chi connectivity index (χ1) is 8.14. The normalized spacial score (nSPS) is 29.2. The van der Waals surface area contributed by atoms with Gasteiger partial charge in [-0.25, -0.2) is 0 Å². The van der Waals surface area contributed by atoms with Gasteiger partial charge in [-0.1, -0.05) is 26.2 Å². The fourth-order valence-electron chi connectivity index (χ4n) is 3.00. The average Bonchev–Trinajstić information content (AvgIpc) is 2.35. The zero-order valence-electron chi connectivity index (χ0n) is 11.0. The Bertz CT molecular complexity index is 230. The molecule has 3 heteroatoms. The molecule has 0 amide bonds. The minimum atomic E-state index is -0.653. The molecule has 100 valence electrons. The van der Waals surface area contributed by atoms with Gasteiger partial charge in [0.1, 0.15) is 0 Å². The third kappa shape index (κ3) is 3.98. The first kappa shape index (κ1) is 14.5. The van der Waals surface area contributed by atoms with Gasteiger partial charge < -0.3 is 10.2 Å². The molecule has 3 nitrogen and oxygen atoms in total. The van der Waals surface area contributed by atoms with E-state index in [-0.39, 0.29) is 6.61 Å². The van der Waals surface area contributed by atoms with Crippen LogP contribution in [0.2, 0.25) is 0 Å². The zero-order chi connectivity index (χ0) is 12.7. The molecule has 2 N–H and O–H groups in total. The fourth-order valence-corrected chi connectivity index (χ4v) is 3.00. The molecule has 0 saturated heterocycles. The lowest BCUT2D eigenvalue weighted by atomic mass is 9.67. The molecule has 0 bridgehead atoms. The standard InChI is InChI=1S/C14H26O3/c1-2-3-5-12-6-9-14(10-7-12,13(16)17)8-4-11-15/h12,15H,2-11H2,1H3,(H,16,17). The highest BCUT2D eigenvalue weighted by molar-refractivity contribution is 5.74. The second kappa shape index (κ2) is 7.00. The average molecular weight is 242 g/mol. The summed E-state index contributed by atoms with van der Waals surface area (Å²) in [4.78, 5) is 11.4. The first-order valence-electron chi connectivity index (χ1n) is 6.99. The molecule has 0 heterocycles. The van der Waals surface area contributed by atoms with Crippen LogP contribution in [0, 0.1) is 11.3 Å². The molecule has 1 saturated carbocycles. The molecule has 0 aromatic heterocycles. The van der Waals surface area contributed by atoms with E-state index < -0.39 is 11.4 Å². The Morgan fingerprint density at radius 3 is 2.41 bits per heavy atom. The predicted molar refractivity (Wildman–Crippen MR) is 67.9 cm³/mol. The zero-order valence-corrected chi connectivity index (χ0v) is 11.0. The molecule has 17 heavy (non-hydrogen) atoms. The van der Waals surface area contributed by atoms with Crippen molar-refractivity contribution in [1.29, 1.82) is 0 Å². The van der Waals surface area contributed by atoms with E-state index in [1.807, 2.05) is 0 Å². The monoisotopic (exact) mass is 242 g/mol. The molecule has 0 aromatic rings. The molecule has 1 fully saturated rings. The summed E-state index contributed by atoms with van der Waals surface area (Å²) in [5.74, 6) is 0.0800. The fraction of sp³-hybridized carbons (Fsp3) is 0.929. The number of hydrogen-bond donors (Lipinski definition) is 2. The van der Waals surface area contributed by atoms with Crippen molar-refractivity contribution in [2.24, 2.45) is 11.3 Å². The summed E-state index contributed by atoms with van der Waals surface area (Å²) in [5.41, 5.74) is -0.536. The highest BCUT2D eigenvalue weighted by Crippen LogP contribution is 2.43. The Balaban J connectivity index is 2.46. The van der Waals surface area contributed by atoms with Crippen LogP contribution in [0.5, 0.6) is 0 Å². The van der Waals surface area contributed by atoms with Gasteiger partial charge in [0.05, 0.1) is 5.41 Å². The Morgan fingerprint density at radius 2 is 1.94 bits per heavy atom. The molecular weight excluding hydrogens is 216 g/mol. The molecule has 0 unspecified atom stereocenters. The quantitative estimate of drug-likeness (QED) is 0.720. The number of carbonyl (C=O) groups is 1. The van der Waals surface area contributed by atoms with E-state index in [1.165, 1.54) is 19.3 Å².